The van der Waals surface area contributed by atoms with E-state index in [1.165, 1.54) is 0 Å². The third-order valence-electron chi connectivity index (χ3n) is 2.99. The lowest BCUT2D eigenvalue weighted by Gasteiger charge is -2.19. The van der Waals surface area contributed by atoms with Gasteiger partial charge in [0, 0.05) is 22.3 Å². The predicted octanol–water partition coefficient (Wildman–Crippen LogP) is 3.56. The van der Waals surface area contributed by atoms with Crippen molar-refractivity contribution in [2.45, 2.75) is 45.7 Å². The Hall–Kier alpha value is -1.23. The number of carbonyl (C=O) groups is 1. The minimum absolute atomic E-state index is 0.00453. The first-order valence-corrected chi connectivity index (χ1v) is 7.67. The van der Waals surface area contributed by atoms with Crippen molar-refractivity contribution in [3.8, 4) is 5.75 Å². The highest BCUT2D eigenvalue weighted by molar-refractivity contribution is 9.10. The third kappa shape index (κ3) is 5.41. The van der Waals surface area contributed by atoms with Crippen molar-refractivity contribution < 1.29 is 9.53 Å². The van der Waals surface area contributed by atoms with E-state index in [0.29, 0.717) is 0 Å². The van der Waals surface area contributed by atoms with E-state index >= 15 is 0 Å². The normalized spacial score (nSPS) is 13.4. The lowest BCUT2D eigenvalue weighted by atomic mass is 10.2. The summed E-state index contributed by atoms with van der Waals surface area (Å²) in [7, 11) is 1.62. The Labute approximate surface area is 129 Å². The quantitative estimate of drug-likeness (QED) is 0.796. The number of hydrogen-bond donors (Lipinski definition) is 2. The lowest BCUT2D eigenvalue weighted by Crippen LogP contribution is -2.42. The standard InChI is InChI=1S/C15H23BrN2O2/c1-5-6-10(2)17-15(19)11(3)18-13-7-12(16)8-14(9-13)20-4/h7-11,18H,5-6H2,1-4H3,(H,17,19). The van der Waals surface area contributed by atoms with Gasteiger partial charge in [0.1, 0.15) is 11.8 Å². The van der Waals surface area contributed by atoms with Gasteiger partial charge in [-0.3, -0.25) is 4.79 Å². The highest BCUT2D eigenvalue weighted by Crippen LogP contribution is 2.24. The number of amides is 1. The minimum atomic E-state index is -0.298. The number of anilines is 1. The molecule has 0 bridgehead atoms. The van der Waals surface area contributed by atoms with Crippen LogP contribution in [0.5, 0.6) is 5.75 Å². The topological polar surface area (TPSA) is 50.4 Å². The smallest absolute Gasteiger partial charge is 0.242 e. The molecule has 20 heavy (non-hydrogen) atoms. The molecule has 0 aromatic heterocycles. The maximum atomic E-state index is 12.1. The molecular formula is C15H23BrN2O2. The summed E-state index contributed by atoms with van der Waals surface area (Å²) in [6.45, 7) is 5.98. The second-order valence-corrected chi connectivity index (χ2v) is 5.86. The fourth-order valence-corrected chi connectivity index (χ4v) is 2.42. The first-order chi connectivity index (χ1) is 9.46. The molecule has 1 aromatic rings. The number of carbonyl (C=O) groups excluding carboxylic acids is 1. The monoisotopic (exact) mass is 342 g/mol. The highest BCUT2D eigenvalue weighted by atomic mass is 79.9. The lowest BCUT2D eigenvalue weighted by molar-refractivity contribution is -0.122. The van der Waals surface area contributed by atoms with E-state index in [2.05, 4.69) is 33.5 Å². The molecule has 0 aliphatic carbocycles. The average molecular weight is 343 g/mol. The van der Waals surface area contributed by atoms with Crippen molar-refractivity contribution in [3.05, 3.63) is 22.7 Å². The van der Waals surface area contributed by atoms with Crippen LogP contribution in [0.1, 0.15) is 33.6 Å². The number of nitrogens with one attached hydrogen (secondary N) is 2. The van der Waals surface area contributed by atoms with Crippen LogP contribution in [0.2, 0.25) is 0 Å². The van der Waals surface area contributed by atoms with Crippen LogP contribution in [-0.4, -0.2) is 25.1 Å². The zero-order valence-corrected chi connectivity index (χ0v) is 14.1. The van der Waals surface area contributed by atoms with Gasteiger partial charge in [0.05, 0.1) is 7.11 Å². The van der Waals surface area contributed by atoms with E-state index in [-0.39, 0.29) is 18.0 Å². The molecule has 112 valence electrons. The van der Waals surface area contributed by atoms with Crippen LogP contribution >= 0.6 is 15.9 Å². The molecule has 1 amide bonds. The number of rotatable bonds is 7. The average Bonchev–Trinajstić information content (AvgIpc) is 2.37. The molecular weight excluding hydrogens is 320 g/mol. The Balaban J connectivity index is 2.63. The number of hydrogen-bond acceptors (Lipinski definition) is 3. The molecule has 2 atom stereocenters. The van der Waals surface area contributed by atoms with Crippen molar-refractivity contribution in [3.63, 3.8) is 0 Å². The van der Waals surface area contributed by atoms with Gasteiger partial charge in [-0.2, -0.15) is 0 Å². The largest absolute Gasteiger partial charge is 0.497 e. The van der Waals surface area contributed by atoms with Crippen LogP contribution < -0.4 is 15.4 Å². The summed E-state index contributed by atoms with van der Waals surface area (Å²) >= 11 is 3.42. The van der Waals surface area contributed by atoms with Gasteiger partial charge in [0.25, 0.3) is 0 Å². The van der Waals surface area contributed by atoms with Crippen molar-refractivity contribution >= 4 is 27.5 Å². The van der Waals surface area contributed by atoms with Crippen LogP contribution in [0.25, 0.3) is 0 Å². The van der Waals surface area contributed by atoms with Gasteiger partial charge in [-0.05, 0) is 32.4 Å². The highest BCUT2D eigenvalue weighted by Gasteiger charge is 2.15. The zero-order valence-electron chi connectivity index (χ0n) is 12.5. The number of ether oxygens (including phenoxy) is 1. The summed E-state index contributed by atoms with van der Waals surface area (Å²) in [6.07, 6.45) is 2.05. The van der Waals surface area contributed by atoms with Crippen molar-refractivity contribution in [2.24, 2.45) is 0 Å². The van der Waals surface area contributed by atoms with E-state index in [9.17, 15) is 4.79 Å². The van der Waals surface area contributed by atoms with E-state index < -0.39 is 0 Å². The van der Waals surface area contributed by atoms with Gasteiger partial charge >= 0.3 is 0 Å². The van der Waals surface area contributed by atoms with Crippen molar-refractivity contribution in [2.75, 3.05) is 12.4 Å². The number of methoxy groups -OCH3 is 1. The van der Waals surface area contributed by atoms with E-state index in [0.717, 1.165) is 28.8 Å². The van der Waals surface area contributed by atoms with Gasteiger partial charge in [0.2, 0.25) is 5.91 Å². The van der Waals surface area contributed by atoms with E-state index in [1.807, 2.05) is 32.0 Å². The first-order valence-electron chi connectivity index (χ1n) is 6.87. The molecule has 0 fully saturated rings. The molecule has 2 N–H and O–H groups in total. The molecule has 0 saturated carbocycles. The molecule has 0 saturated heterocycles. The minimum Gasteiger partial charge on any atom is -0.497 e. The molecule has 4 nitrogen and oxygen atoms in total. The molecule has 0 heterocycles. The Kier molecular flexibility index (Phi) is 6.85. The van der Waals surface area contributed by atoms with Crippen LogP contribution in [0, 0.1) is 0 Å². The molecule has 1 rings (SSSR count). The Morgan fingerprint density at radius 1 is 1.35 bits per heavy atom. The van der Waals surface area contributed by atoms with Gasteiger partial charge in [-0.25, -0.2) is 0 Å². The van der Waals surface area contributed by atoms with Gasteiger partial charge in [-0.15, -0.1) is 0 Å². The first kappa shape index (κ1) is 16.8. The van der Waals surface area contributed by atoms with Crippen molar-refractivity contribution in [1.29, 1.82) is 0 Å². The van der Waals surface area contributed by atoms with Gasteiger partial charge in [0.15, 0.2) is 0 Å². The predicted molar refractivity (Wildman–Crippen MR) is 86.3 cm³/mol. The fraction of sp³-hybridized carbons (Fsp3) is 0.533. The summed E-state index contributed by atoms with van der Waals surface area (Å²) in [5.41, 5.74) is 0.849. The Morgan fingerprint density at radius 3 is 2.65 bits per heavy atom. The Morgan fingerprint density at radius 2 is 2.05 bits per heavy atom. The molecule has 1 aromatic carbocycles. The molecule has 0 aliphatic heterocycles. The molecule has 2 unspecified atom stereocenters. The zero-order chi connectivity index (χ0) is 15.1. The summed E-state index contributed by atoms with van der Waals surface area (Å²) in [5.74, 6) is 0.749. The van der Waals surface area contributed by atoms with Gasteiger partial charge < -0.3 is 15.4 Å². The Bertz CT molecular complexity index is 451. The summed E-state index contributed by atoms with van der Waals surface area (Å²) < 4.78 is 6.11. The van der Waals surface area contributed by atoms with Crippen LogP contribution in [0.4, 0.5) is 5.69 Å². The second kappa shape index (κ2) is 8.15. The van der Waals surface area contributed by atoms with Crippen molar-refractivity contribution in [1.82, 2.24) is 5.32 Å². The SMILES string of the molecule is CCCC(C)NC(=O)C(C)Nc1cc(Br)cc(OC)c1. The molecule has 5 heteroatoms. The molecule has 0 spiro atoms. The maximum Gasteiger partial charge on any atom is 0.242 e. The number of halogens is 1. The second-order valence-electron chi connectivity index (χ2n) is 4.94. The maximum absolute atomic E-state index is 12.1. The molecule has 0 radical (unpaired) electrons. The summed E-state index contributed by atoms with van der Waals surface area (Å²) in [4.78, 5) is 12.1. The summed E-state index contributed by atoms with van der Waals surface area (Å²) in [5, 5.41) is 6.18. The van der Waals surface area contributed by atoms with E-state index in [1.54, 1.807) is 7.11 Å². The van der Waals surface area contributed by atoms with Crippen LogP contribution in [0.15, 0.2) is 22.7 Å². The number of benzene rings is 1. The fourth-order valence-electron chi connectivity index (χ4n) is 1.95. The van der Waals surface area contributed by atoms with Gasteiger partial charge in [-0.1, -0.05) is 29.3 Å². The third-order valence-corrected chi connectivity index (χ3v) is 3.45. The summed E-state index contributed by atoms with van der Waals surface area (Å²) in [6, 6.07) is 5.56. The van der Waals surface area contributed by atoms with Crippen LogP contribution in [0.3, 0.4) is 0 Å². The molecule has 0 aliphatic rings. The van der Waals surface area contributed by atoms with E-state index in [4.69, 9.17) is 4.74 Å². The van der Waals surface area contributed by atoms with Crippen LogP contribution in [-0.2, 0) is 4.79 Å².